The van der Waals surface area contributed by atoms with E-state index >= 15 is 0 Å². The van der Waals surface area contributed by atoms with Gasteiger partial charge in [-0.2, -0.15) is 10.2 Å². The van der Waals surface area contributed by atoms with Crippen molar-refractivity contribution in [1.29, 1.82) is 0 Å². The van der Waals surface area contributed by atoms with Crippen molar-refractivity contribution < 1.29 is 4.74 Å². The molecule has 0 radical (unpaired) electrons. The van der Waals surface area contributed by atoms with Crippen molar-refractivity contribution in [2.75, 3.05) is 7.11 Å². The Morgan fingerprint density at radius 3 is 2.50 bits per heavy atom. The first-order chi connectivity index (χ1) is 12.8. The Hall–Kier alpha value is -3.11. The number of benzene rings is 2. The summed E-state index contributed by atoms with van der Waals surface area (Å²) < 4.78 is 5.22. The number of ether oxygens (including phenoxy) is 1. The molecule has 2 aromatic carbocycles. The highest BCUT2D eigenvalue weighted by atomic mass is 16.5. The number of methoxy groups -OCH3 is 1. The van der Waals surface area contributed by atoms with Crippen molar-refractivity contribution >= 4 is 16.6 Å². The van der Waals surface area contributed by atoms with Crippen LogP contribution in [0.25, 0.3) is 32.5 Å². The molecule has 0 amide bonds. The van der Waals surface area contributed by atoms with Crippen LogP contribution in [0.3, 0.4) is 0 Å². The number of hydrogen-bond acceptors (Lipinski definition) is 4. The van der Waals surface area contributed by atoms with Gasteiger partial charge in [-0.3, -0.25) is 0 Å². The number of hydrogen-bond donors (Lipinski definition) is 0. The quantitative estimate of drug-likeness (QED) is 0.228. The van der Waals surface area contributed by atoms with E-state index in [0.717, 1.165) is 59.2 Å². The lowest BCUT2D eigenvalue weighted by atomic mass is 10.0. The van der Waals surface area contributed by atoms with Crippen LogP contribution in [-0.4, -0.2) is 17.3 Å². The third kappa shape index (κ3) is 3.76. The maximum Gasteiger partial charge on any atom is 0.118 e. The molecular formula is C20H21N5O. The smallest absolute Gasteiger partial charge is 0.118 e. The Kier molecular flexibility index (Phi) is 5.66. The van der Waals surface area contributed by atoms with Crippen LogP contribution in [-0.2, 0) is 6.42 Å². The molecule has 3 rings (SSSR count). The fourth-order valence-corrected chi connectivity index (χ4v) is 2.96. The largest absolute Gasteiger partial charge is 0.497 e. The molecule has 26 heavy (non-hydrogen) atoms. The second kappa shape index (κ2) is 8.32. The van der Waals surface area contributed by atoms with E-state index in [1.807, 2.05) is 42.5 Å². The summed E-state index contributed by atoms with van der Waals surface area (Å²) in [5, 5.41) is 13.4. The zero-order valence-electron chi connectivity index (χ0n) is 15.0. The van der Waals surface area contributed by atoms with Crippen LogP contribution in [0.2, 0.25) is 0 Å². The van der Waals surface area contributed by atoms with Crippen molar-refractivity contribution in [3.63, 3.8) is 0 Å². The first-order valence-electron chi connectivity index (χ1n) is 8.75. The van der Waals surface area contributed by atoms with Gasteiger partial charge in [0.2, 0.25) is 0 Å². The van der Waals surface area contributed by atoms with E-state index in [1.165, 1.54) is 0 Å². The van der Waals surface area contributed by atoms with Crippen molar-refractivity contribution in [3.05, 3.63) is 58.6 Å². The van der Waals surface area contributed by atoms with E-state index in [1.54, 1.807) is 7.11 Å². The minimum atomic E-state index is 0.587. The zero-order valence-corrected chi connectivity index (χ0v) is 15.0. The Morgan fingerprint density at radius 1 is 1.04 bits per heavy atom. The highest BCUT2D eigenvalue weighted by Gasteiger charge is 2.11. The number of unbranched alkanes of at least 4 members (excludes halogenated alkanes) is 2. The topological polar surface area (TPSA) is 83.8 Å². The lowest BCUT2D eigenvalue weighted by Crippen LogP contribution is -1.96. The number of aryl methyl sites for hydroxylation is 1. The van der Waals surface area contributed by atoms with E-state index in [0.29, 0.717) is 5.69 Å². The molecule has 6 nitrogen and oxygen atoms in total. The zero-order chi connectivity index (χ0) is 18.4. The minimum absolute atomic E-state index is 0.587. The Balaban J connectivity index is 2.07. The molecule has 0 saturated heterocycles. The van der Waals surface area contributed by atoms with Crippen LogP contribution in [0.1, 0.15) is 31.9 Å². The molecule has 0 aliphatic rings. The number of aromatic nitrogens is 2. The van der Waals surface area contributed by atoms with Crippen LogP contribution >= 0.6 is 0 Å². The number of rotatable bonds is 7. The Labute approximate surface area is 152 Å². The second-order valence-corrected chi connectivity index (χ2v) is 6.10. The van der Waals surface area contributed by atoms with Gasteiger partial charge < -0.3 is 4.74 Å². The highest BCUT2D eigenvalue weighted by Crippen LogP contribution is 2.32. The van der Waals surface area contributed by atoms with Gasteiger partial charge in [0.05, 0.1) is 24.0 Å². The standard InChI is InChI=1S/C20H21N5O/c1-3-4-5-6-19-20(24-25-21)17-13-15(9-12-18(17)22-23-19)14-7-10-16(26-2)11-8-14/h7-13H,3-6H2,1-2H3. The summed E-state index contributed by atoms with van der Waals surface area (Å²) in [6.45, 7) is 2.15. The predicted octanol–water partition coefficient (Wildman–Crippen LogP) is 5.98. The monoisotopic (exact) mass is 347 g/mol. The van der Waals surface area contributed by atoms with Gasteiger partial charge in [-0.1, -0.05) is 43.1 Å². The Morgan fingerprint density at radius 2 is 1.81 bits per heavy atom. The van der Waals surface area contributed by atoms with E-state index < -0.39 is 0 Å². The average molecular weight is 347 g/mol. The number of azide groups is 1. The summed E-state index contributed by atoms with van der Waals surface area (Å²) in [4.78, 5) is 3.01. The summed E-state index contributed by atoms with van der Waals surface area (Å²) in [6.07, 6.45) is 4.00. The molecule has 0 fully saturated rings. The first-order valence-corrected chi connectivity index (χ1v) is 8.75. The summed E-state index contributed by atoms with van der Waals surface area (Å²) >= 11 is 0. The normalized spacial score (nSPS) is 10.5. The molecule has 0 atom stereocenters. The van der Waals surface area contributed by atoms with Gasteiger partial charge in [0.15, 0.2) is 0 Å². The molecule has 0 bridgehead atoms. The lowest BCUT2D eigenvalue weighted by molar-refractivity contribution is 0.415. The molecule has 1 aromatic heterocycles. The van der Waals surface area contributed by atoms with Crippen molar-refractivity contribution in [2.24, 2.45) is 5.11 Å². The van der Waals surface area contributed by atoms with E-state index in [4.69, 9.17) is 10.3 Å². The number of fused-ring (bicyclic) bond motifs is 1. The van der Waals surface area contributed by atoms with Gasteiger partial charge in [-0.25, -0.2) is 0 Å². The fourth-order valence-electron chi connectivity index (χ4n) is 2.96. The van der Waals surface area contributed by atoms with Gasteiger partial charge >= 0.3 is 0 Å². The predicted molar refractivity (Wildman–Crippen MR) is 104 cm³/mol. The van der Waals surface area contributed by atoms with Gasteiger partial charge in [0.1, 0.15) is 5.75 Å². The van der Waals surface area contributed by atoms with Gasteiger partial charge in [0, 0.05) is 10.3 Å². The van der Waals surface area contributed by atoms with Gasteiger partial charge in [0.25, 0.3) is 0 Å². The molecular weight excluding hydrogens is 326 g/mol. The maximum atomic E-state index is 9.02. The molecule has 132 valence electrons. The summed E-state index contributed by atoms with van der Waals surface area (Å²) in [6, 6.07) is 13.8. The molecule has 0 aliphatic carbocycles. The SMILES string of the molecule is CCCCCc1nnc2ccc(-c3ccc(OC)cc3)cc2c1N=[N+]=[N-]. The molecule has 6 heteroatoms. The maximum absolute atomic E-state index is 9.02. The van der Waals surface area contributed by atoms with Gasteiger partial charge in [-0.15, -0.1) is 0 Å². The molecule has 3 aromatic rings. The van der Waals surface area contributed by atoms with Gasteiger partial charge in [-0.05, 0) is 53.8 Å². The molecule has 0 N–H and O–H groups in total. The number of nitrogens with zero attached hydrogens (tertiary/aromatic N) is 5. The van der Waals surface area contributed by atoms with Crippen LogP contribution in [0.5, 0.6) is 5.75 Å². The van der Waals surface area contributed by atoms with Crippen LogP contribution in [0, 0.1) is 0 Å². The average Bonchev–Trinajstić information content (AvgIpc) is 2.69. The second-order valence-electron chi connectivity index (χ2n) is 6.10. The van der Waals surface area contributed by atoms with Crippen molar-refractivity contribution in [1.82, 2.24) is 10.2 Å². The van der Waals surface area contributed by atoms with Crippen molar-refractivity contribution in [3.8, 4) is 16.9 Å². The summed E-state index contributed by atoms with van der Waals surface area (Å²) in [5.74, 6) is 0.813. The van der Waals surface area contributed by atoms with Crippen LogP contribution in [0.15, 0.2) is 47.6 Å². The Bertz CT molecular complexity index is 946. The molecule has 0 unspecified atom stereocenters. The van der Waals surface area contributed by atoms with E-state index in [2.05, 4.69) is 27.1 Å². The van der Waals surface area contributed by atoms with Crippen LogP contribution in [0.4, 0.5) is 5.69 Å². The summed E-state index contributed by atoms with van der Waals surface area (Å²) in [5.41, 5.74) is 13.2. The molecule has 0 saturated carbocycles. The highest BCUT2D eigenvalue weighted by molar-refractivity contribution is 5.93. The van der Waals surface area contributed by atoms with Crippen molar-refractivity contribution in [2.45, 2.75) is 32.6 Å². The lowest BCUT2D eigenvalue weighted by Gasteiger charge is -2.09. The van der Waals surface area contributed by atoms with Crippen LogP contribution < -0.4 is 4.74 Å². The minimum Gasteiger partial charge on any atom is -0.497 e. The molecule has 0 aliphatic heterocycles. The molecule has 0 spiro atoms. The van der Waals surface area contributed by atoms with E-state index in [9.17, 15) is 0 Å². The third-order valence-corrected chi connectivity index (χ3v) is 4.39. The van der Waals surface area contributed by atoms with E-state index in [-0.39, 0.29) is 0 Å². The third-order valence-electron chi connectivity index (χ3n) is 4.39. The first kappa shape index (κ1) is 17.7. The summed E-state index contributed by atoms with van der Waals surface area (Å²) in [7, 11) is 1.65. The molecule has 1 heterocycles. The fraction of sp³-hybridized carbons (Fsp3) is 0.300.